The summed E-state index contributed by atoms with van der Waals surface area (Å²) < 4.78 is 0. The summed E-state index contributed by atoms with van der Waals surface area (Å²) in [5, 5.41) is 9.95. The van der Waals surface area contributed by atoms with E-state index in [1.807, 2.05) is 35.9 Å². The van der Waals surface area contributed by atoms with Gasteiger partial charge >= 0.3 is 0 Å². The average molecular weight is 426 g/mol. The molecule has 28 heavy (non-hydrogen) atoms. The fourth-order valence-corrected chi connectivity index (χ4v) is 4.75. The van der Waals surface area contributed by atoms with E-state index in [1.54, 1.807) is 41.7 Å². The van der Waals surface area contributed by atoms with E-state index in [-0.39, 0.29) is 11.8 Å². The molecule has 0 unspecified atom stereocenters. The normalized spacial score (nSPS) is 10.6. The third kappa shape index (κ3) is 4.19. The molecule has 2 N–H and O–H groups in total. The van der Waals surface area contributed by atoms with Gasteiger partial charge in [0.25, 0.3) is 11.8 Å². The Kier molecular flexibility index (Phi) is 5.34. The maximum atomic E-state index is 12.6. The Labute approximate surface area is 173 Å². The fourth-order valence-electron chi connectivity index (χ4n) is 2.52. The van der Waals surface area contributed by atoms with Crippen molar-refractivity contribution < 1.29 is 9.59 Å². The van der Waals surface area contributed by atoms with Crippen LogP contribution in [0.1, 0.15) is 24.9 Å². The van der Waals surface area contributed by atoms with Gasteiger partial charge in [0.1, 0.15) is 0 Å². The van der Waals surface area contributed by atoms with Crippen LogP contribution in [0.4, 0.5) is 10.8 Å². The van der Waals surface area contributed by atoms with Crippen molar-refractivity contribution in [3.05, 3.63) is 74.6 Å². The molecule has 1 aromatic carbocycles. The number of amides is 2. The number of rotatable bonds is 5. The molecule has 0 aliphatic heterocycles. The number of nitrogens with zero attached hydrogens (tertiary/aromatic N) is 1. The van der Waals surface area contributed by atoms with Crippen molar-refractivity contribution in [2.75, 3.05) is 10.6 Å². The van der Waals surface area contributed by atoms with Crippen LogP contribution in [0.5, 0.6) is 0 Å². The molecule has 2 amide bonds. The summed E-state index contributed by atoms with van der Waals surface area (Å²) in [4.78, 5) is 32.2. The van der Waals surface area contributed by atoms with Gasteiger partial charge in [-0.2, -0.15) is 0 Å². The molecule has 0 bridgehead atoms. The van der Waals surface area contributed by atoms with E-state index in [4.69, 9.17) is 0 Å². The van der Waals surface area contributed by atoms with Gasteiger partial charge in [0.05, 0.1) is 15.4 Å². The highest BCUT2D eigenvalue weighted by Gasteiger charge is 2.13. The molecule has 3 heterocycles. The SMILES string of the molecule is Cc1ccc(-c2csc(NC(=O)c3cccc(NC(=O)c4cccs4)c3)n2)s1. The zero-order valence-electron chi connectivity index (χ0n) is 14.8. The second-order valence-corrected chi connectivity index (χ2v) is 9.01. The van der Waals surface area contributed by atoms with Crippen molar-refractivity contribution in [2.45, 2.75) is 6.92 Å². The lowest BCUT2D eigenvalue weighted by atomic mass is 10.2. The van der Waals surface area contributed by atoms with Gasteiger partial charge in [-0.25, -0.2) is 4.98 Å². The first-order chi connectivity index (χ1) is 13.6. The number of anilines is 2. The Morgan fingerprint density at radius 2 is 1.86 bits per heavy atom. The first-order valence-corrected chi connectivity index (χ1v) is 10.9. The largest absolute Gasteiger partial charge is 0.321 e. The molecule has 0 aliphatic carbocycles. The van der Waals surface area contributed by atoms with Crippen molar-refractivity contribution in [2.24, 2.45) is 0 Å². The maximum Gasteiger partial charge on any atom is 0.265 e. The van der Waals surface area contributed by atoms with Crippen LogP contribution in [0.2, 0.25) is 0 Å². The van der Waals surface area contributed by atoms with Gasteiger partial charge in [0.15, 0.2) is 5.13 Å². The van der Waals surface area contributed by atoms with Crippen molar-refractivity contribution in [3.8, 4) is 10.6 Å². The number of carbonyl (C=O) groups excluding carboxylic acids is 2. The Hall–Kier alpha value is -2.81. The summed E-state index contributed by atoms with van der Waals surface area (Å²) in [6, 6.07) is 14.5. The minimum absolute atomic E-state index is 0.191. The Morgan fingerprint density at radius 1 is 0.964 bits per heavy atom. The monoisotopic (exact) mass is 425 g/mol. The number of aryl methyl sites for hydroxylation is 1. The van der Waals surface area contributed by atoms with Crippen LogP contribution >= 0.6 is 34.0 Å². The number of benzene rings is 1. The molecule has 4 aromatic rings. The molecule has 0 spiro atoms. The van der Waals surface area contributed by atoms with E-state index < -0.39 is 0 Å². The van der Waals surface area contributed by atoms with Crippen LogP contribution in [0.3, 0.4) is 0 Å². The minimum Gasteiger partial charge on any atom is -0.321 e. The van der Waals surface area contributed by atoms with Crippen molar-refractivity contribution in [1.82, 2.24) is 4.98 Å². The number of thiophene rings is 2. The molecular weight excluding hydrogens is 410 g/mol. The molecule has 0 fully saturated rings. The topological polar surface area (TPSA) is 71.1 Å². The molecule has 3 aromatic heterocycles. The minimum atomic E-state index is -0.268. The predicted molar refractivity (Wildman–Crippen MR) is 117 cm³/mol. The summed E-state index contributed by atoms with van der Waals surface area (Å²) in [5.41, 5.74) is 1.88. The predicted octanol–water partition coefficient (Wildman–Crippen LogP) is 5.75. The van der Waals surface area contributed by atoms with E-state index in [2.05, 4.69) is 15.6 Å². The van der Waals surface area contributed by atoms with Crippen LogP contribution in [-0.4, -0.2) is 16.8 Å². The van der Waals surface area contributed by atoms with Crippen LogP contribution in [0.25, 0.3) is 10.6 Å². The van der Waals surface area contributed by atoms with E-state index in [9.17, 15) is 9.59 Å². The lowest BCUT2D eigenvalue weighted by Gasteiger charge is -2.06. The van der Waals surface area contributed by atoms with Crippen LogP contribution in [0.15, 0.2) is 59.3 Å². The third-order valence-corrected chi connectivity index (χ3v) is 6.49. The molecule has 0 atom stereocenters. The van der Waals surface area contributed by atoms with Gasteiger partial charge in [-0.05, 0) is 48.7 Å². The molecule has 5 nitrogen and oxygen atoms in total. The van der Waals surface area contributed by atoms with E-state index in [1.165, 1.54) is 27.6 Å². The zero-order chi connectivity index (χ0) is 19.5. The summed E-state index contributed by atoms with van der Waals surface area (Å²) in [5.74, 6) is -0.459. The van der Waals surface area contributed by atoms with Crippen molar-refractivity contribution in [1.29, 1.82) is 0 Å². The summed E-state index contributed by atoms with van der Waals surface area (Å²) in [6.07, 6.45) is 0. The standard InChI is InChI=1S/C20H15N3O2S3/c1-12-7-8-16(28-12)15-11-27-20(22-15)23-18(24)13-4-2-5-14(10-13)21-19(25)17-6-3-9-26-17/h2-11H,1H3,(H,21,25)(H,22,23,24). The number of thiazole rings is 1. The molecule has 0 aliphatic rings. The average Bonchev–Trinajstić information content (AvgIpc) is 3.43. The summed E-state index contributed by atoms with van der Waals surface area (Å²) >= 11 is 4.42. The van der Waals surface area contributed by atoms with Gasteiger partial charge in [-0.15, -0.1) is 34.0 Å². The van der Waals surface area contributed by atoms with Gasteiger partial charge in [-0.3, -0.25) is 14.9 Å². The molecule has 8 heteroatoms. The maximum absolute atomic E-state index is 12.6. The Balaban J connectivity index is 1.45. The second-order valence-electron chi connectivity index (χ2n) is 5.91. The number of carbonyl (C=O) groups is 2. The second kappa shape index (κ2) is 8.05. The Morgan fingerprint density at radius 3 is 2.61 bits per heavy atom. The lowest BCUT2D eigenvalue weighted by molar-refractivity contribution is 0.101. The van der Waals surface area contributed by atoms with Crippen LogP contribution < -0.4 is 10.6 Å². The van der Waals surface area contributed by atoms with Gasteiger partial charge < -0.3 is 5.32 Å². The molecular formula is C20H15N3O2S3. The number of hydrogen-bond donors (Lipinski definition) is 2. The van der Waals surface area contributed by atoms with Gasteiger partial charge in [0.2, 0.25) is 0 Å². The first-order valence-electron chi connectivity index (χ1n) is 8.37. The zero-order valence-corrected chi connectivity index (χ0v) is 17.2. The smallest absolute Gasteiger partial charge is 0.265 e. The van der Waals surface area contributed by atoms with Crippen LogP contribution in [0, 0.1) is 6.92 Å². The van der Waals surface area contributed by atoms with Crippen molar-refractivity contribution >= 4 is 56.6 Å². The highest BCUT2D eigenvalue weighted by atomic mass is 32.1. The quantitative estimate of drug-likeness (QED) is 0.428. The summed E-state index contributed by atoms with van der Waals surface area (Å²) in [6.45, 7) is 2.05. The number of aromatic nitrogens is 1. The van der Waals surface area contributed by atoms with E-state index in [0.29, 0.717) is 21.3 Å². The third-order valence-electron chi connectivity index (χ3n) is 3.85. The van der Waals surface area contributed by atoms with Crippen LogP contribution in [-0.2, 0) is 0 Å². The molecule has 0 radical (unpaired) electrons. The molecule has 0 saturated carbocycles. The number of hydrogen-bond acceptors (Lipinski definition) is 6. The summed E-state index contributed by atoms with van der Waals surface area (Å²) in [7, 11) is 0. The van der Waals surface area contributed by atoms with E-state index >= 15 is 0 Å². The lowest BCUT2D eigenvalue weighted by Crippen LogP contribution is -2.14. The molecule has 140 valence electrons. The first kappa shape index (κ1) is 18.5. The molecule has 4 rings (SSSR count). The van der Waals surface area contributed by atoms with Gasteiger partial charge in [-0.1, -0.05) is 12.1 Å². The number of nitrogens with one attached hydrogen (secondary N) is 2. The highest BCUT2D eigenvalue weighted by Crippen LogP contribution is 2.30. The highest BCUT2D eigenvalue weighted by molar-refractivity contribution is 7.17. The fraction of sp³-hybridized carbons (Fsp3) is 0.0500. The van der Waals surface area contributed by atoms with E-state index in [0.717, 1.165) is 10.6 Å². The van der Waals surface area contributed by atoms with Gasteiger partial charge in [0, 0.05) is 21.5 Å². The Bertz CT molecular complexity index is 1130. The molecule has 0 saturated heterocycles. The van der Waals surface area contributed by atoms with Crippen molar-refractivity contribution in [3.63, 3.8) is 0 Å².